The number of nitrogens with one attached hydrogen (secondary N) is 2. The van der Waals surface area contributed by atoms with Crippen LogP contribution in [0.2, 0.25) is 0 Å². The summed E-state index contributed by atoms with van der Waals surface area (Å²) >= 11 is 0. The minimum atomic E-state index is -4.30. The Balaban J connectivity index is 1.47. The minimum absolute atomic E-state index is 0.0000673. The van der Waals surface area contributed by atoms with E-state index in [9.17, 15) is 13.2 Å². The third-order valence-corrected chi connectivity index (χ3v) is 5.86. The van der Waals surface area contributed by atoms with Crippen molar-refractivity contribution < 1.29 is 13.2 Å². The van der Waals surface area contributed by atoms with E-state index in [1.807, 2.05) is 12.4 Å². The van der Waals surface area contributed by atoms with Crippen molar-refractivity contribution in [2.75, 3.05) is 13.1 Å². The van der Waals surface area contributed by atoms with E-state index in [1.54, 1.807) is 12.1 Å². The van der Waals surface area contributed by atoms with Gasteiger partial charge in [0.05, 0.1) is 18.2 Å². The van der Waals surface area contributed by atoms with Crippen molar-refractivity contribution >= 4 is 0 Å². The third-order valence-electron chi connectivity index (χ3n) is 5.86. The number of nitrogens with zero attached hydrogens (tertiary/aromatic N) is 3. The van der Waals surface area contributed by atoms with E-state index in [1.165, 1.54) is 12.1 Å². The van der Waals surface area contributed by atoms with Crippen molar-refractivity contribution in [2.45, 2.75) is 51.1 Å². The SMILES string of the molecule is CC(C)n1ccnc1CN1CCC2NNC(c3ccc(C(F)(F)F)cc3)C2C1. The van der Waals surface area contributed by atoms with Gasteiger partial charge in [-0.15, -0.1) is 0 Å². The number of likely N-dealkylation sites (tertiary alicyclic amines) is 1. The van der Waals surface area contributed by atoms with Crippen LogP contribution in [0.5, 0.6) is 0 Å². The van der Waals surface area contributed by atoms with Crippen LogP contribution in [0.3, 0.4) is 0 Å². The number of halogens is 3. The monoisotopic (exact) mass is 393 g/mol. The molecule has 0 amide bonds. The molecule has 28 heavy (non-hydrogen) atoms. The summed E-state index contributed by atoms with van der Waals surface area (Å²) < 4.78 is 40.7. The van der Waals surface area contributed by atoms with Gasteiger partial charge in [0.1, 0.15) is 5.82 Å². The number of rotatable bonds is 4. The Bertz CT molecular complexity index is 799. The normalized spacial score (nSPS) is 26.0. The number of alkyl halides is 3. The van der Waals surface area contributed by atoms with Crippen LogP contribution in [0.15, 0.2) is 36.7 Å². The maximum Gasteiger partial charge on any atom is 0.416 e. The van der Waals surface area contributed by atoms with Crippen molar-refractivity contribution in [1.82, 2.24) is 25.3 Å². The number of hydrogen-bond donors (Lipinski definition) is 2. The highest BCUT2D eigenvalue weighted by atomic mass is 19.4. The van der Waals surface area contributed by atoms with E-state index in [2.05, 4.69) is 39.2 Å². The minimum Gasteiger partial charge on any atom is -0.331 e. The molecule has 3 heterocycles. The fourth-order valence-corrected chi connectivity index (χ4v) is 4.36. The molecule has 1 aromatic carbocycles. The van der Waals surface area contributed by atoms with Gasteiger partial charge in [-0.1, -0.05) is 12.1 Å². The Kier molecular flexibility index (Phi) is 5.20. The first-order valence-electron chi connectivity index (χ1n) is 9.75. The smallest absolute Gasteiger partial charge is 0.331 e. The van der Waals surface area contributed by atoms with Gasteiger partial charge in [-0.05, 0) is 38.0 Å². The first-order valence-corrected chi connectivity index (χ1v) is 9.75. The molecule has 2 aromatic rings. The lowest BCUT2D eigenvalue weighted by molar-refractivity contribution is -0.137. The number of hydrazine groups is 1. The molecule has 2 N–H and O–H groups in total. The molecule has 0 aliphatic carbocycles. The number of fused-ring (bicyclic) bond motifs is 1. The molecule has 5 nitrogen and oxygen atoms in total. The zero-order chi connectivity index (χ0) is 19.9. The summed E-state index contributed by atoms with van der Waals surface area (Å²) in [6, 6.07) is 6.22. The molecule has 0 radical (unpaired) electrons. The van der Waals surface area contributed by atoms with Crippen molar-refractivity contribution in [1.29, 1.82) is 0 Å². The third kappa shape index (κ3) is 3.81. The quantitative estimate of drug-likeness (QED) is 0.834. The van der Waals surface area contributed by atoms with E-state index < -0.39 is 11.7 Å². The Hall–Kier alpha value is -1.90. The number of imidazole rings is 1. The van der Waals surface area contributed by atoms with E-state index >= 15 is 0 Å². The van der Waals surface area contributed by atoms with Crippen LogP contribution in [-0.2, 0) is 12.7 Å². The summed E-state index contributed by atoms with van der Waals surface area (Å²) in [4.78, 5) is 6.91. The van der Waals surface area contributed by atoms with Gasteiger partial charge >= 0.3 is 6.18 Å². The first kappa shape index (κ1) is 19.4. The zero-order valence-corrected chi connectivity index (χ0v) is 16.1. The predicted molar refractivity (Wildman–Crippen MR) is 100 cm³/mol. The molecule has 1 aromatic heterocycles. The fourth-order valence-electron chi connectivity index (χ4n) is 4.36. The topological polar surface area (TPSA) is 45.1 Å². The number of piperidine rings is 1. The lowest BCUT2D eigenvalue weighted by atomic mass is 9.85. The summed E-state index contributed by atoms with van der Waals surface area (Å²) in [6.45, 7) is 6.92. The van der Waals surface area contributed by atoms with Gasteiger partial charge in [-0.3, -0.25) is 10.3 Å². The Morgan fingerprint density at radius 3 is 2.61 bits per heavy atom. The summed E-state index contributed by atoms with van der Waals surface area (Å²) in [5.41, 5.74) is 6.93. The summed E-state index contributed by atoms with van der Waals surface area (Å²) in [6.07, 6.45) is 0.543. The zero-order valence-electron chi connectivity index (χ0n) is 16.1. The second-order valence-corrected chi connectivity index (χ2v) is 8.02. The molecule has 0 saturated carbocycles. The highest BCUT2D eigenvalue weighted by molar-refractivity contribution is 5.28. The number of hydrogen-bond acceptors (Lipinski definition) is 4. The molecule has 3 unspecified atom stereocenters. The lowest BCUT2D eigenvalue weighted by Gasteiger charge is -2.36. The molecule has 0 bridgehead atoms. The Morgan fingerprint density at radius 1 is 1.18 bits per heavy atom. The Labute approximate surface area is 162 Å². The van der Waals surface area contributed by atoms with Crippen LogP contribution in [-0.4, -0.2) is 33.6 Å². The molecule has 8 heteroatoms. The van der Waals surface area contributed by atoms with Crippen molar-refractivity contribution in [3.05, 3.63) is 53.6 Å². The second-order valence-electron chi connectivity index (χ2n) is 8.02. The van der Waals surface area contributed by atoms with E-state index in [0.29, 0.717) is 18.0 Å². The van der Waals surface area contributed by atoms with Crippen LogP contribution >= 0.6 is 0 Å². The van der Waals surface area contributed by atoms with Gasteiger partial charge in [-0.2, -0.15) is 13.2 Å². The van der Waals surface area contributed by atoms with E-state index in [-0.39, 0.29) is 6.04 Å². The molecular formula is C20H26F3N5. The molecule has 3 atom stereocenters. The lowest BCUT2D eigenvalue weighted by Crippen LogP contribution is -2.45. The summed E-state index contributed by atoms with van der Waals surface area (Å²) in [7, 11) is 0. The molecule has 0 spiro atoms. The van der Waals surface area contributed by atoms with E-state index in [4.69, 9.17) is 0 Å². The van der Waals surface area contributed by atoms with Gasteiger partial charge in [0.2, 0.25) is 0 Å². The highest BCUT2D eigenvalue weighted by Gasteiger charge is 2.41. The molecule has 2 aliphatic rings. The molecule has 152 valence electrons. The van der Waals surface area contributed by atoms with Crippen LogP contribution in [0.4, 0.5) is 13.2 Å². The molecule has 2 aliphatic heterocycles. The van der Waals surface area contributed by atoms with Crippen molar-refractivity contribution in [3.8, 4) is 0 Å². The number of aromatic nitrogens is 2. The fraction of sp³-hybridized carbons (Fsp3) is 0.550. The molecular weight excluding hydrogens is 367 g/mol. The maximum atomic E-state index is 12.8. The van der Waals surface area contributed by atoms with Gasteiger partial charge < -0.3 is 4.57 Å². The average molecular weight is 393 g/mol. The predicted octanol–water partition coefficient (Wildman–Crippen LogP) is 3.52. The second kappa shape index (κ2) is 7.50. The summed E-state index contributed by atoms with van der Waals surface area (Å²) in [5, 5.41) is 0. The summed E-state index contributed by atoms with van der Waals surface area (Å²) in [5.74, 6) is 1.35. The van der Waals surface area contributed by atoms with E-state index in [0.717, 1.165) is 37.4 Å². The van der Waals surface area contributed by atoms with Crippen molar-refractivity contribution in [3.63, 3.8) is 0 Å². The Morgan fingerprint density at radius 2 is 1.93 bits per heavy atom. The maximum absolute atomic E-state index is 12.8. The average Bonchev–Trinajstić information content (AvgIpc) is 3.28. The van der Waals surface area contributed by atoms with Gasteiger partial charge in [0.25, 0.3) is 0 Å². The largest absolute Gasteiger partial charge is 0.416 e. The van der Waals surface area contributed by atoms with Gasteiger partial charge in [0, 0.05) is 43.5 Å². The molecule has 4 rings (SSSR count). The van der Waals surface area contributed by atoms with Gasteiger partial charge in [-0.25, -0.2) is 10.4 Å². The van der Waals surface area contributed by atoms with Gasteiger partial charge in [0.15, 0.2) is 0 Å². The van der Waals surface area contributed by atoms with Crippen LogP contribution in [0, 0.1) is 5.92 Å². The number of benzene rings is 1. The standard InChI is InChI=1S/C20H26F3N5/c1-13(2)28-10-8-24-18(28)12-27-9-7-17-16(11-27)19(26-25-17)14-3-5-15(6-4-14)20(21,22)23/h3-6,8,10,13,16-17,19,25-26H,7,9,11-12H2,1-2H3. The first-order chi connectivity index (χ1) is 13.3. The molecule has 2 saturated heterocycles. The molecule has 2 fully saturated rings. The van der Waals surface area contributed by atoms with Crippen LogP contribution in [0.25, 0.3) is 0 Å². The van der Waals surface area contributed by atoms with Crippen molar-refractivity contribution in [2.24, 2.45) is 5.92 Å². The van der Waals surface area contributed by atoms with Crippen LogP contribution < -0.4 is 10.9 Å². The highest BCUT2D eigenvalue weighted by Crippen LogP contribution is 2.36. The van der Waals surface area contributed by atoms with Crippen LogP contribution in [0.1, 0.15) is 49.3 Å².